The first-order valence-electron chi connectivity index (χ1n) is 9.60. The van der Waals surface area contributed by atoms with Crippen LogP contribution in [0.2, 0.25) is 0 Å². The standard InChI is InChI=1S/C22H25NO4/c24-22(11-9-17-8-10-20-21(13-17)27-16-26-20)23(15-19-7-4-12-25-19)14-18-5-2-1-3-6-18/h1-3,5-6,8,10,13,19H,4,7,9,11-12,14-16H2. The third-order valence-electron chi connectivity index (χ3n) is 5.08. The third-order valence-corrected chi connectivity index (χ3v) is 5.08. The van der Waals surface area contributed by atoms with Crippen molar-refractivity contribution in [2.75, 3.05) is 19.9 Å². The average molecular weight is 367 g/mol. The van der Waals surface area contributed by atoms with Gasteiger partial charge in [0.05, 0.1) is 6.10 Å². The number of fused-ring (bicyclic) bond motifs is 1. The molecule has 1 unspecified atom stereocenters. The molecule has 0 radical (unpaired) electrons. The van der Waals surface area contributed by atoms with E-state index < -0.39 is 0 Å². The Morgan fingerprint density at radius 2 is 1.89 bits per heavy atom. The number of aryl methyl sites for hydroxylation is 1. The number of hydrogen-bond acceptors (Lipinski definition) is 4. The molecule has 0 bridgehead atoms. The first kappa shape index (κ1) is 17.9. The van der Waals surface area contributed by atoms with Gasteiger partial charge in [-0.05, 0) is 42.5 Å². The summed E-state index contributed by atoms with van der Waals surface area (Å²) < 4.78 is 16.5. The van der Waals surface area contributed by atoms with Crippen LogP contribution in [0.25, 0.3) is 0 Å². The van der Waals surface area contributed by atoms with Gasteiger partial charge in [-0.3, -0.25) is 4.79 Å². The first-order chi connectivity index (χ1) is 13.3. The van der Waals surface area contributed by atoms with Gasteiger partial charge >= 0.3 is 0 Å². The lowest BCUT2D eigenvalue weighted by Crippen LogP contribution is -2.37. The van der Waals surface area contributed by atoms with Crippen LogP contribution in [0.5, 0.6) is 11.5 Å². The summed E-state index contributed by atoms with van der Waals surface area (Å²) >= 11 is 0. The molecule has 0 saturated carbocycles. The molecule has 2 aromatic rings. The molecule has 2 aliphatic rings. The summed E-state index contributed by atoms with van der Waals surface area (Å²) in [7, 11) is 0. The summed E-state index contributed by atoms with van der Waals surface area (Å²) in [6, 6.07) is 16.0. The highest BCUT2D eigenvalue weighted by molar-refractivity contribution is 5.76. The van der Waals surface area contributed by atoms with Crippen LogP contribution >= 0.6 is 0 Å². The molecule has 5 heteroatoms. The average Bonchev–Trinajstić information content (AvgIpc) is 3.37. The molecule has 2 aromatic carbocycles. The lowest BCUT2D eigenvalue weighted by molar-refractivity contribution is -0.133. The lowest BCUT2D eigenvalue weighted by atomic mass is 10.1. The number of ether oxygens (including phenoxy) is 3. The van der Waals surface area contributed by atoms with E-state index >= 15 is 0 Å². The maximum Gasteiger partial charge on any atom is 0.231 e. The fourth-order valence-electron chi connectivity index (χ4n) is 3.60. The van der Waals surface area contributed by atoms with Gasteiger partial charge in [-0.1, -0.05) is 36.4 Å². The van der Waals surface area contributed by atoms with Gasteiger partial charge in [0.2, 0.25) is 12.7 Å². The minimum absolute atomic E-state index is 0.156. The minimum atomic E-state index is 0.156. The number of carbonyl (C=O) groups excluding carboxylic acids is 1. The number of benzene rings is 2. The molecule has 27 heavy (non-hydrogen) atoms. The van der Waals surface area contributed by atoms with Gasteiger partial charge in [0.1, 0.15) is 0 Å². The van der Waals surface area contributed by atoms with Crippen molar-refractivity contribution in [2.45, 2.75) is 38.3 Å². The van der Waals surface area contributed by atoms with Gasteiger partial charge in [-0.2, -0.15) is 0 Å². The molecule has 0 spiro atoms. The maximum absolute atomic E-state index is 13.0. The highest BCUT2D eigenvalue weighted by Gasteiger charge is 2.23. The largest absolute Gasteiger partial charge is 0.454 e. The zero-order valence-corrected chi connectivity index (χ0v) is 15.4. The second-order valence-corrected chi connectivity index (χ2v) is 7.08. The summed E-state index contributed by atoms with van der Waals surface area (Å²) in [6.07, 6.45) is 3.42. The van der Waals surface area contributed by atoms with Gasteiger partial charge < -0.3 is 19.1 Å². The van der Waals surface area contributed by atoms with Crippen LogP contribution in [0.4, 0.5) is 0 Å². The van der Waals surface area contributed by atoms with Crippen LogP contribution < -0.4 is 9.47 Å². The summed E-state index contributed by atoms with van der Waals surface area (Å²) in [6.45, 7) is 2.36. The molecule has 0 aliphatic carbocycles. The second-order valence-electron chi connectivity index (χ2n) is 7.08. The van der Waals surface area contributed by atoms with E-state index in [0.29, 0.717) is 25.9 Å². The molecule has 5 nitrogen and oxygen atoms in total. The number of nitrogens with zero attached hydrogens (tertiary/aromatic N) is 1. The smallest absolute Gasteiger partial charge is 0.231 e. The van der Waals surface area contributed by atoms with E-state index in [0.717, 1.165) is 42.1 Å². The number of amides is 1. The Bertz CT molecular complexity index is 771. The maximum atomic E-state index is 13.0. The zero-order chi connectivity index (χ0) is 18.5. The summed E-state index contributed by atoms with van der Waals surface area (Å²) in [5.74, 6) is 1.70. The van der Waals surface area contributed by atoms with Gasteiger partial charge in [-0.25, -0.2) is 0 Å². The first-order valence-corrected chi connectivity index (χ1v) is 9.60. The molecule has 1 fully saturated rings. The van der Waals surface area contributed by atoms with Crippen molar-refractivity contribution < 1.29 is 19.0 Å². The molecular weight excluding hydrogens is 342 g/mol. The van der Waals surface area contributed by atoms with Crippen LogP contribution in [-0.4, -0.2) is 36.9 Å². The van der Waals surface area contributed by atoms with E-state index in [9.17, 15) is 4.79 Å². The lowest BCUT2D eigenvalue weighted by Gasteiger charge is -2.26. The fourth-order valence-corrected chi connectivity index (χ4v) is 3.60. The molecule has 1 amide bonds. The molecule has 2 aliphatic heterocycles. The van der Waals surface area contributed by atoms with Crippen molar-refractivity contribution in [3.63, 3.8) is 0 Å². The summed E-state index contributed by atoms with van der Waals surface area (Å²) in [5.41, 5.74) is 2.23. The Labute approximate surface area is 159 Å². The second kappa shape index (κ2) is 8.44. The molecule has 4 rings (SSSR count). The topological polar surface area (TPSA) is 48.0 Å². The predicted octanol–water partition coefficient (Wildman–Crippen LogP) is 3.56. The van der Waals surface area contributed by atoms with E-state index in [-0.39, 0.29) is 18.8 Å². The molecule has 142 valence electrons. The number of hydrogen-bond donors (Lipinski definition) is 0. The van der Waals surface area contributed by atoms with Gasteiger partial charge in [0.25, 0.3) is 0 Å². The molecule has 0 aromatic heterocycles. The minimum Gasteiger partial charge on any atom is -0.454 e. The molecular formula is C22H25NO4. The quantitative estimate of drug-likeness (QED) is 0.751. The molecule has 0 N–H and O–H groups in total. The van der Waals surface area contributed by atoms with Crippen molar-refractivity contribution in [3.8, 4) is 11.5 Å². The Balaban J connectivity index is 1.39. The van der Waals surface area contributed by atoms with Crippen LogP contribution in [0, 0.1) is 0 Å². The molecule has 1 saturated heterocycles. The Morgan fingerprint density at radius 1 is 1.04 bits per heavy atom. The summed E-state index contributed by atoms with van der Waals surface area (Å²) in [5, 5.41) is 0. The Kier molecular flexibility index (Phi) is 5.58. The Morgan fingerprint density at radius 3 is 2.70 bits per heavy atom. The van der Waals surface area contributed by atoms with Crippen molar-refractivity contribution in [1.29, 1.82) is 0 Å². The monoisotopic (exact) mass is 367 g/mol. The predicted molar refractivity (Wildman–Crippen MR) is 102 cm³/mol. The van der Waals surface area contributed by atoms with Crippen LogP contribution in [0.3, 0.4) is 0 Å². The van der Waals surface area contributed by atoms with Crippen molar-refractivity contribution in [1.82, 2.24) is 4.90 Å². The number of rotatable bonds is 7. The number of carbonyl (C=O) groups is 1. The van der Waals surface area contributed by atoms with Crippen molar-refractivity contribution in [3.05, 3.63) is 59.7 Å². The molecule has 2 heterocycles. The van der Waals surface area contributed by atoms with Crippen LogP contribution in [-0.2, 0) is 22.5 Å². The van der Waals surface area contributed by atoms with Crippen LogP contribution in [0.1, 0.15) is 30.4 Å². The SMILES string of the molecule is O=C(CCc1ccc2c(c1)OCO2)N(Cc1ccccc1)CC1CCCO1. The highest BCUT2D eigenvalue weighted by Crippen LogP contribution is 2.32. The highest BCUT2D eigenvalue weighted by atomic mass is 16.7. The van der Waals surface area contributed by atoms with Gasteiger partial charge in [0, 0.05) is 26.1 Å². The zero-order valence-electron chi connectivity index (χ0n) is 15.4. The third kappa shape index (κ3) is 4.61. The Hall–Kier alpha value is -2.53. The van der Waals surface area contributed by atoms with E-state index in [1.165, 1.54) is 0 Å². The van der Waals surface area contributed by atoms with E-state index in [4.69, 9.17) is 14.2 Å². The van der Waals surface area contributed by atoms with Crippen LogP contribution in [0.15, 0.2) is 48.5 Å². The van der Waals surface area contributed by atoms with E-state index in [1.54, 1.807) is 0 Å². The summed E-state index contributed by atoms with van der Waals surface area (Å²) in [4.78, 5) is 14.9. The molecule has 1 atom stereocenters. The van der Waals surface area contributed by atoms with Crippen molar-refractivity contribution in [2.24, 2.45) is 0 Å². The van der Waals surface area contributed by atoms with E-state index in [1.807, 2.05) is 41.3 Å². The van der Waals surface area contributed by atoms with Crippen molar-refractivity contribution >= 4 is 5.91 Å². The van der Waals surface area contributed by atoms with E-state index in [2.05, 4.69) is 12.1 Å². The fraction of sp³-hybridized carbons (Fsp3) is 0.409. The normalized spacial score (nSPS) is 17.9. The van der Waals surface area contributed by atoms with Gasteiger partial charge in [0.15, 0.2) is 11.5 Å². The van der Waals surface area contributed by atoms with Gasteiger partial charge in [-0.15, -0.1) is 0 Å².